The second-order valence-electron chi connectivity index (χ2n) is 12.2. The Labute approximate surface area is 284 Å². The van der Waals surface area contributed by atoms with Crippen molar-refractivity contribution in [3.63, 3.8) is 0 Å². The standard InChI is InChI=1S/C40H34N6O3/c41-23-29-3-1-2-4-30(29)25-46-26-35(33-13-15-42-24-39(33)46)28-6-11-34-37(22-28)43-36-12-5-27(21-38(36)44-40(34)47)14-18-49-32-9-7-31(8-10-32)45-16-19-48-20-17-45/h1-13,15,21-22,24,26,43H,14,16-20,25H2,(H,44,47). The van der Waals surface area contributed by atoms with Crippen molar-refractivity contribution < 1.29 is 14.3 Å². The Morgan fingerprint density at radius 1 is 0.878 bits per heavy atom. The van der Waals surface area contributed by atoms with E-state index >= 15 is 0 Å². The van der Waals surface area contributed by atoms with Gasteiger partial charge in [-0.2, -0.15) is 5.26 Å². The predicted molar refractivity (Wildman–Crippen MR) is 192 cm³/mol. The summed E-state index contributed by atoms with van der Waals surface area (Å²) in [7, 11) is 0. The van der Waals surface area contributed by atoms with Gasteiger partial charge in [-0.25, -0.2) is 0 Å². The van der Waals surface area contributed by atoms with Crippen molar-refractivity contribution in [2.45, 2.75) is 13.0 Å². The van der Waals surface area contributed by atoms with E-state index in [9.17, 15) is 10.1 Å². The monoisotopic (exact) mass is 646 g/mol. The van der Waals surface area contributed by atoms with Crippen LogP contribution in [0, 0.1) is 11.3 Å². The third-order valence-electron chi connectivity index (χ3n) is 9.21. The van der Waals surface area contributed by atoms with E-state index in [2.05, 4.69) is 55.5 Å². The van der Waals surface area contributed by atoms with Crippen LogP contribution in [0.5, 0.6) is 5.75 Å². The Morgan fingerprint density at radius 2 is 1.73 bits per heavy atom. The average molecular weight is 647 g/mol. The first-order chi connectivity index (χ1) is 24.1. The summed E-state index contributed by atoms with van der Waals surface area (Å²) in [6.45, 7) is 4.38. The largest absolute Gasteiger partial charge is 0.493 e. The topological polar surface area (TPSA) is 104 Å². The summed E-state index contributed by atoms with van der Waals surface area (Å²) >= 11 is 0. The van der Waals surface area contributed by atoms with Gasteiger partial charge in [0.25, 0.3) is 5.91 Å². The van der Waals surface area contributed by atoms with E-state index in [0.29, 0.717) is 30.7 Å². The van der Waals surface area contributed by atoms with Gasteiger partial charge in [0.05, 0.1) is 65.8 Å². The number of carbonyl (C=O) groups is 1. The van der Waals surface area contributed by atoms with E-state index in [4.69, 9.17) is 9.47 Å². The highest BCUT2D eigenvalue weighted by molar-refractivity contribution is 6.13. The first-order valence-corrected chi connectivity index (χ1v) is 16.4. The lowest BCUT2D eigenvalue weighted by atomic mass is 10.0. The number of nitrogens with zero attached hydrogens (tertiary/aromatic N) is 4. The Hall–Kier alpha value is -6.11. The fraction of sp³-hybridized carbons (Fsp3) is 0.175. The molecule has 4 aromatic carbocycles. The van der Waals surface area contributed by atoms with Crippen molar-refractivity contribution in [2.75, 3.05) is 48.4 Å². The van der Waals surface area contributed by atoms with Crippen LogP contribution in [0.2, 0.25) is 0 Å². The van der Waals surface area contributed by atoms with Gasteiger partial charge in [0, 0.05) is 55.1 Å². The molecule has 0 unspecified atom stereocenters. The van der Waals surface area contributed by atoms with Gasteiger partial charge >= 0.3 is 0 Å². The van der Waals surface area contributed by atoms with Crippen LogP contribution in [0.4, 0.5) is 22.7 Å². The minimum Gasteiger partial charge on any atom is -0.493 e. The molecule has 8 rings (SSSR count). The molecule has 0 spiro atoms. The van der Waals surface area contributed by atoms with Gasteiger partial charge in [-0.1, -0.05) is 30.3 Å². The van der Waals surface area contributed by atoms with E-state index in [1.54, 1.807) is 6.20 Å². The van der Waals surface area contributed by atoms with Crippen molar-refractivity contribution in [3.8, 4) is 22.9 Å². The van der Waals surface area contributed by atoms with Crippen molar-refractivity contribution in [2.24, 2.45) is 0 Å². The quantitative estimate of drug-likeness (QED) is 0.178. The molecule has 9 nitrogen and oxygen atoms in total. The molecule has 2 aliphatic rings. The van der Waals surface area contributed by atoms with Gasteiger partial charge in [-0.3, -0.25) is 9.78 Å². The van der Waals surface area contributed by atoms with E-state index < -0.39 is 0 Å². The lowest BCUT2D eigenvalue weighted by Gasteiger charge is -2.28. The number of aromatic nitrogens is 2. The second-order valence-corrected chi connectivity index (χ2v) is 12.2. The number of fused-ring (bicyclic) bond motifs is 3. The zero-order valence-corrected chi connectivity index (χ0v) is 26.9. The maximum atomic E-state index is 13.4. The molecule has 0 aliphatic carbocycles. The highest BCUT2D eigenvalue weighted by Gasteiger charge is 2.21. The molecule has 0 atom stereocenters. The highest BCUT2D eigenvalue weighted by atomic mass is 16.5. The van der Waals surface area contributed by atoms with E-state index in [-0.39, 0.29) is 5.91 Å². The third kappa shape index (κ3) is 6.18. The van der Waals surface area contributed by atoms with Crippen molar-refractivity contribution in [1.29, 1.82) is 5.26 Å². The minimum atomic E-state index is -0.165. The molecule has 2 aromatic heterocycles. The lowest BCUT2D eigenvalue weighted by molar-refractivity contribution is 0.102. The zero-order valence-electron chi connectivity index (χ0n) is 26.9. The molecule has 1 fully saturated rings. The molecule has 0 saturated carbocycles. The number of carbonyl (C=O) groups excluding carboxylic acids is 1. The Balaban J connectivity index is 0.994. The van der Waals surface area contributed by atoms with E-state index in [1.165, 1.54) is 5.69 Å². The number of morpholine rings is 1. The van der Waals surface area contributed by atoms with Gasteiger partial charge in [-0.15, -0.1) is 0 Å². The molecule has 1 saturated heterocycles. The summed E-state index contributed by atoms with van der Waals surface area (Å²) in [6.07, 6.45) is 6.43. The van der Waals surface area contributed by atoms with Crippen molar-refractivity contribution in [1.82, 2.24) is 9.55 Å². The number of nitriles is 1. The number of benzene rings is 4. The van der Waals surface area contributed by atoms with Crippen molar-refractivity contribution >= 4 is 39.6 Å². The lowest BCUT2D eigenvalue weighted by Crippen LogP contribution is -2.36. The molecule has 4 heterocycles. The number of hydrogen-bond acceptors (Lipinski definition) is 7. The number of pyridine rings is 1. The molecule has 0 radical (unpaired) electrons. The van der Waals surface area contributed by atoms with E-state index in [0.717, 1.165) is 82.3 Å². The second kappa shape index (κ2) is 13.2. The average Bonchev–Trinajstić information content (AvgIpc) is 3.44. The molecule has 9 heteroatoms. The summed E-state index contributed by atoms with van der Waals surface area (Å²) in [5.74, 6) is 0.667. The van der Waals surface area contributed by atoms with Crippen LogP contribution in [-0.2, 0) is 17.7 Å². The molecular formula is C40H34N6O3. The highest BCUT2D eigenvalue weighted by Crippen LogP contribution is 2.38. The summed E-state index contributed by atoms with van der Waals surface area (Å²) in [5, 5.41) is 17.3. The molecule has 0 bridgehead atoms. The van der Waals surface area contributed by atoms with Crippen LogP contribution < -0.4 is 20.3 Å². The van der Waals surface area contributed by atoms with Crippen LogP contribution in [0.15, 0.2) is 110 Å². The van der Waals surface area contributed by atoms with Crippen LogP contribution in [-0.4, -0.2) is 48.4 Å². The summed E-state index contributed by atoms with van der Waals surface area (Å²) in [4.78, 5) is 20.1. The number of rotatable bonds is 8. The van der Waals surface area contributed by atoms with Gasteiger partial charge in [0.15, 0.2) is 0 Å². The van der Waals surface area contributed by atoms with Gasteiger partial charge in [0.2, 0.25) is 0 Å². The van der Waals surface area contributed by atoms with E-state index in [1.807, 2.05) is 79.0 Å². The SMILES string of the molecule is N#Cc1ccccc1Cn1cc(-c2ccc3c(c2)Nc2ccc(CCOc4ccc(N5CCOCC5)cc4)cc2NC3=O)c2ccncc21. The van der Waals surface area contributed by atoms with Crippen molar-refractivity contribution in [3.05, 3.63) is 132 Å². The maximum absolute atomic E-state index is 13.4. The third-order valence-corrected chi connectivity index (χ3v) is 9.21. The van der Waals surface area contributed by atoms with Crippen LogP contribution in [0.1, 0.15) is 27.0 Å². The van der Waals surface area contributed by atoms with Crippen LogP contribution in [0.25, 0.3) is 22.0 Å². The fourth-order valence-electron chi connectivity index (χ4n) is 6.62. The summed E-state index contributed by atoms with van der Waals surface area (Å²) < 4.78 is 13.6. The van der Waals surface area contributed by atoms with Gasteiger partial charge in [-0.05, 0) is 77.4 Å². The predicted octanol–water partition coefficient (Wildman–Crippen LogP) is 7.39. The zero-order chi connectivity index (χ0) is 33.2. The molecule has 1 amide bonds. The van der Waals surface area contributed by atoms with Gasteiger partial charge < -0.3 is 29.6 Å². The molecular weight excluding hydrogens is 612 g/mol. The number of amides is 1. The smallest absolute Gasteiger partial charge is 0.257 e. The maximum Gasteiger partial charge on any atom is 0.257 e. The van der Waals surface area contributed by atoms with Crippen LogP contribution in [0.3, 0.4) is 0 Å². The summed E-state index contributed by atoms with van der Waals surface area (Å²) in [6, 6.07) is 32.1. The Morgan fingerprint density at radius 3 is 2.59 bits per heavy atom. The van der Waals surface area contributed by atoms with Crippen LogP contribution >= 0.6 is 0 Å². The molecule has 2 N–H and O–H groups in total. The number of hydrogen-bond donors (Lipinski definition) is 2. The Kier molecular flexibility index (Phi) is 8.14. The first-order valence-electron chi connectivity index (χ1n) is 16.4. The normalized spacial score (nSPS) is 13.9. The molecule has 2 aliphatic heterocycles. The minimum absolute atomic E-state index is 0.165. The van der Waals surface area contributed by atoms with Gasteiger partial charge in [0.1, 0.15) is 5.75 Å². The first kappa shape index (κ1) is 30.2. The number of anilines is 4. The Bertz CT molecular complexity index is 2210. The number of nitrogens with one attached hydrogen (secondary N) is 2. The molecule has 242 valence electrons. The summed E-state index contributed by atoms with van der Waals surface area (Å²) in [5.41, 5.74) is 9.66. The number of ether oxygens (including phenoxy) is 2. The molecule has 6 aromatic rings. The fourth-order valence-corrected chi connectivity index (χ4v) is 6.62. The molecule has 49 heavy (non-hydrogen) atoms.